The number of hydrogen-bond donors (Lipinski definition) is 1. The van der Waals surface area contributed by atoms with Crippen molar-refractivity contribution < 1.29 is 4.39 Å². The first-order chi connectivity index (χ1) is 9.24. The molecule has 0 aromatic heterocycles. The van der Waals surface area contributed by atoms with Gasteiger partial charge in [-0.25, -0.2) is 4.39 Å². The van der Waals surface area contributed by atoms with Gasteiger partial charge >= 0.3 is 0 Å². The molecule has 2 nitrogen and oxygen atoms in total. The second-order valence-electron chi connectivity index (χ2n) is 6.03. The molecule has 0 fully saturated rings. The van der Waals surface area contributed by atoms with E-state index >= 15 is 0 Å². The molecule has 0 spiro atoms. The Morgan fingerprint density at radius 2 is 1.95 bits per heavy atom. The second kappa shape index (κ2) is 6.12. The number of hydrogen-bond acceptors (Lipinski definition) is 3. The zero-order valence-corrected chi connectivity index (χ0v) is 14.0. The van der Waals surface area contributed by atoms with E-state index in [0.717, 1.165) is 18.1 Å². The molecule has 0 saturated heterocycles. The van der Waals surface area contributed by atoms with E-state index in [-0.39, 0.29) is 15.5 Å². The summed E-state index contributed by atoms with van der Waals surface area (Å²) in [5, 5.41) is 4.47. The van der Waals surface area contributed by atoms with Crippen molar-refractivity contribution in [2.45, 2.75) is 32.4 Å². The van der Waals surface area contributed by atoms with Crippen LogP contribution in [0.3, 0.4) is 0 Å². The summed E-state index contributed by atoms with van der Waals surface area (Å²) in [5.74, 6) is -0.592. The Balaban J connectivity index is 1.99. The molecule has 0 aliphatic carbocycles. The maximum Gasteiger partial charge on any atom is 0.161 e. The lowest BCUT2D eigenvalue weighted by Gasteiger charge is -2.21. The summed E-state index contributed by atoms with van der Waals surface area (Å²) in [7, 11) is 0. The minimum Gasteiger partial charge on any atom is -0.335 e. The van der Waals surface area contributed by atoms with Gasteiger partial charge in [-0.05, 0) is 24.0 Å². The van der Waals surface area contributed by atoms with Crippen molar-refractivity contribution in [3.8, 4) is 0 Å². The summed E-state index contributed by atoms with van der Waals surface area (Å²) >= 11 is 13.3. The fraction of sp³-hybridized carbons (Fsp3) is 0.500. The zero-order chi connectivity index (χ0) is 14.9. The zero-order valence-electron chi connectivity index (χ0n) is 11.6. The van der Waals surface area contributed by atoms with Crippen LogP contribution in [0.2, 0.25) is 10.0 Å². The van der Waals surface area contributed by atoms with Gasteiger partial charge in [0, 0.05) is 10.9 Å². The van der Waals surface area contributed by atoms with Gasteiger partial charge in [-0.1, -0.05) is 55.7 Å². The number of nitrogens with one attached hydrogen (secondary N) is 1. The molecule has 6 heteroatoms. The van der Waals surface area contributed by atoms with E-state index in [1.807, 2.05) is 0 Å². The third-order valence-electron chi connectivity index (χ3n) is 2.79. The molecule has 0 bridgehead atoms. The first-order valence-electron chi connectivity index (χ1n) is 6.37. The highest BCUT2D eigenvalue weighted by atomic mass is 35.5. The van der Waals surface area contributed by atoms with Crippen molar-refractivity contribution in [2.24, 2.45) is 10.4 Å². The van der Waals surface area contributed by atoms with Gasteiger partial charge in [-0.3, -0.25) is 4.99 Å². The van der Waals surface area contributed by atoms with Gasteiger partial charge in [-0.15, -0.1) is 0 Å². The van der Waals surface area contributed by atoms with Crippen molar-refractivity contribution >= 4 is 45.8 Å². The normalized spacial score (nSPS) is 19.1. The van der Waals surface area contributed by atoms with Crippen LogP contribution in [0, 0.1) is 11.2 Å². The van der Waals surface area contributed by atoms with E-state index in [0.29, 0.717) is 10.9 Å². The van der Waals surface area contributed by atoms with Crippen LogP contribution in [0.5, 0.6) is 0 Å². The highest BCUT2D eigenvalue weighted by Gasteiger charge is 2.25. The van der Waals surface area contributed by atoms with Gasteiger partial charge < -0.3 is 5.32 Å². The molecule has 0 saturated carbocycles. The second-order valence-corrected chi connectivity index (χ2v) is 8.13. The Labute approximate surface area is 133 Å². The molecule has 1 aromatic carbocycles. The maximum absolute atomic E-state index is 13.3. The topological polar surface area (TPSA) is 24.4 Å². The molecule has 1 unspecified atom stereocenters. The highest BCUT2D eigenvalue weighted by molar-refractivity contribution is 8.15. The average molecular weight is 335 g/mol. The molecule has 1 atom stereocenters. The quantitative estimate of drug-likeness (QED) is 0.727. The first-order valence-corrected chi connectivity index (χ1v) is 8.01. The van der Waals surface area contributed by atoms with Crippen LogP contribution in [-0.2, 0) is 0 Å². The first kappa shape index (κ1) is 15.9. The Hall–Kier alpha value is -0.450. The van der Waals surface area contributed by atoms with Crippen LogP contribution in [0.1, 0.15) is 27.2 Å². The van der Waals surface area contributed by atoms with Crippen LogP contribution in [0.4, 0.5) is 10.1 Å². The fourth-order valence-corrected chi connectivity index (χ4v) is 3.89. The SMILES string of the molecule is CC(C)(C)CC1CN=C(Nc2cc(Cl)c(F)c(Cl)c2)S1. The molecule has 2 rings (SSSR count). The van der Waals surface area contributed by atoms with Crippen molar-refractivity contribution in [3.05, 3.63) is 28.0 Å². The lowest BCUT2D eigenvalue weighted by atomic mass is 9.90. The molecule has 1 N–H and O–H groups in total. The van der Waals surface area contributed by atoms with Crippen LogP contribution >= 0.6 is 35.0 Å². The van der Waals surface area contributed by atoms with Crippen LogP contribution < -0.4 is 5.32 Å². The van der Waals surface area contributed by atoms with Crippen LogP contribution in [0.15, 0.2) is 17.1 Å². The lowest BCUT2D eigenvalue weighted by Crippen LogP contribution is -2.16. The van der Waals surface area contributed by atoms with Gasteiger partial charge in [0.2, 0.25) is 0 Å². The van der Waals surface area contributed by atoms with Crippen molar-refractivity contribution in [3.63, 3.8) is 0 Å². The average Bonchev–Trinajstić information content (AvgIpc) is 2.70. The van der Waals surface area contributed by atoms with Crippen LogP contribution in [0.25, 0.3) is 0 Å². The molecule has 1 aliphatic rings. The van der Waals surface area contributed by atoms with Crippen LogP contribution in [-0.4, -0.2) is 17.0 Å². The number of benzene rings is 1. The molecule has 1 heterocycles. The summed E-state index contributed by atoms with van der Waals surface area (Å²) < 4.78 is 13.3. The van der Waals surface area contributed by atoms with Gasteiger partial charge in [0.05, 0.1) is 16.6 Å². The molecular weight excluding hydrogens is 318 g/mol. The van der Waals surface area contributed by atoms with Crippen molar-refractivity contribution in [1.29, 1.82) is 0 Å². The Morgan fingerprint density at radius 1 is 1.35 bits per heavy atom. The van der Waals surface area contributed by atoms with Gasteiger partial charge in [0.25, 0.3) is 0 Å². The molecule has 110 valence electrons. The summed E-state index contributed by atoms with van der Waals surface area (Å²) in [5.41, 5.74) is 0.939. The Bertz CT molecular complexity index is 517. The molecule has 0 radical (unpaired) electrons. The number of aliphatic imine (C=N–C) groups is 1. The summed E-state index contributed by atoms with van der Waals surface area (Å²) in [6.07, 6.45) is 1.09. The molecular formula is C14H17Cl2FN2S. The van der Waals surface area contributed by atoms with Gasteiger partial charge in [0.15, 0.2) is 11.0 Å². The van der Waals surface area contributed by atoms with E-state index in [4.69, 9.17) is 23.2 Å². The third kappa shape index (κ3) is 4.27. The van der Waals surface area contributed by atoms with Crippen molar-refractivity contribution in [1.82, 2.24) is 0 Å². The molecule has 1 aliphatic heterocycles. The lowest BCUT2D eigenvalue weighted by molar-refractivity contribution is 0.375. The monoisotopic (exact) mass is 334 g/mol. The smallest absolute Gasteiger partial charge is 0.161 e. The highest BCUT2D eigenvalue weighted by Crippen LogP contribution is 2.33. The van der Waals surface area contributed by atoms with E-state index in [1.165, 1.54) is 12.1 Å². The van der Waals surface area contributed by atoms with Gasteiger partial charge in [0.1, 0.15) is 0 Å². The molecule has 1 aromatic rings. The van der Waals surface area contributed by atoms with Crippen molar-refractivity contribution in [2.75, 3.05) is 11.9 Å². The number of halogens is 3. The predicted octanol–water partition coefficient (Wildman–Crippen LogP) is 5.45. The van der Waals surface area contributed by atoms with E-state index in [1.54, 1.807) is 11.8 Å². The number of rotatable bonds is 2. The fourth-order valence-electron chi connectivity index (χ4n) is 2.03. The van der Waals surface area contributed by atoms with E-state index in [2.05, 4.69) is 31.1 Å². The summed E-state index contributed by atoms with van der Waals surface area (Å²) in [6, 6.07) is 3.03. The maximum atomic E-state index is 13.3. The van der Waals surface area contributed by atoms with Gasteiger partial charge in [-0.2, -0.15) is 0 Å². The standard InChI is InChI=1S/C14H17Cl2FN2S/c1-14(2,3)6-9-7-18-13(20-9)19-8-4-10(15)12(17)11(16)5-8/h4-5,9H,6-7H2,1-3H3,(H,18,19). The van der Waals surface area contributed by atoms with E-state index in [9.17, 15) is 4.39 Å². The predicted molar refractivity (Wildman–Crippen MR) is 87.8 cm³/mol. The largest absolute Gasteiger partial charge is 0.335 e. The molecule has 0 amide bonds. The number of anilines is 1. The summed E-state index contributed by atoms with van der Waals surface area (Å²) in [4.78, 5) is 4.47. The number of nitrogens with zero attached hydrogens (tertiary/aromatic N) is 1. The minimum absolute atomic E-state index is 0.00911. The number of thioether (sulfide) groups is 1. The summed E-state index contributed by atoms with van der Waals surface area (Å²) in [6.45, 7) is 7.46. The Kier molecular flexibility index (Phi) is 4.88. The number of amidine groups is 1. The Morgan fingerprint density at radius 3 is 2.50 bits per heavy atom. The van der Waals surface area contributed by atoms with E-state index < -0.39 is 5.82 Å². The minimum atomic E-state index is -0.592. The molecule has 20 heavy (non-hydrogen) atoms. The third-order valence-corrected chi connectivity index (χ3v) is 4.45.